The van der Waals surface area contributed by atoms with Crippen molar-refractivity contribution in [3.05, 3.63) is 22.9 Å². The summed E-state index contributed by atoms with van der Waals surface area (Å²) in [4.78, 5) is 6.62. The van der Waals surface area contributed by atoms with E-state index < -0.39 is 0 Å². The average molecular weight is 310 g/mol. The number of hydrogen-bond donors (Lipinski definition) is 1. The van der Waals surface area contributed by atoms with Crippen LogP contribution in [0.3, 0.4) is 0 Å². The van der Waals surface area contributed by atoms with Gasteiger partial charge in [0.1, 0.15) is 0 Å². The summed E-state index contributed by atoms with van der Waals surface area (Å²) in [6, 6.07) is 2.89. The summed E-state index contributed by atoms with van der Waals surface area (Å²) in [5, 5.41) is 3.65. The highest BCUT2D eigenvalue weighted by atomic mass is 79.9. The first-order chi connectivity index (χ1) is 8.84. The molecule has 0 amide bonds. The van der Waals surface area contributed by atoms with E-state index in [1.807, 2.05) is 12.4 Å². The molecule has 0 bridgehead atoms. The molecule has 3 rings (SSSR count). The second kappa shape index (κ2) is 5.57. The van der Waals surface area contributed by atoms with Gasteiger partial charge in [-0.2, -0.15) is 0 Å². The van der Waals surface area contributed by atoms with Crippen LogP contribution >= 0.6 is 15.9 Å². The van der Waals surface area contributed by atoms with Crippen LogP contribution in [0.4, 0.5) is 5.69 Å². The summed E-state index contributed by atoms with van der Waals surface area (Å²) in [7, 11) is 0. The highest BCUT2D eigenvalue weighted by Crippen LogP contribution is 2.31. The van der Waals surface area contributed by atoms with Gasteiger partial charge in [-0.1, -0.05) is 0 Å². The number of hydrogen-bond acceptors (Lipinski definition) is 3. The van der Waals surface area contributed by atoms with E-state index in [1.165, 1.54) is 51.0 Å². The maximum Gasteiger partial charge on any atom is 0.0592 e. The molecule has 0 radical (unpaired) electrons. The van der Waals surface area contributed by atoms with E-state index in [0.717, 1.165) is 16.4 Å². The second-order valence-electron chi connectivity index (χ2n) is 5.35. The zero-order chi connectivity index (χ0) is 12.4. The van der Waals surface area contributed by atoms with E-state index in [0.29, 0.717) is 0 Å². The number of nitrogens with one attached hydrogen (secondary N) is 1. The zero-order valence-electron chi connectivity index (χ0n) is 10.6. The SMILES string of the molecule is Brc1cnccc1N1CCC(C2CCCN2)CC1. The standard InChI is InChI=1S/C14H20BrN3/c15-12-10-16-7-3-14(12)18-8-4-11(5-9-18)13-2-1-6-17-13/h3,7,10-11,13,17H,1-2,4-6,8-9H2. The number of piperidine rings is 1. The Hall–Kier alpha value is -0.610. The van der Waals surface area contributed by atoms with Gasteiger partial charge in [-0.05, 0) is 60.1 Å². The molecule has 0 aliphatic carbocycles. The minimum atomic E-state index is 0.785. The molecular formula is C14H20BrN3. The van der Waals surface area contributed by atoms with E-state index in [9.17, 15) is 0 Å². The normalized spacial score (nSPS) is 25.6. The predicted molar refractivity (Wildman–Crippen MR) is 77.9 cm³/mol. The fraction of sp³-hybridized carbons (Fsp3) is 0.643. The number of rotatable bonds is 2. The van der Waals surface area contributed by atoms with Gasteiger partial charge >= 0.3 is 0 Å². The van der Waals surface area contributed by atoms with Crippen LogP contribution in [-0.2, 0) is 0 Å². The van der Waals surface area contributed by atoms with Gasteiger partial charge in [0.25, 0.3) is 0 Å². The highest BCUT2D eigenvalue weighted by Gasteiger charge is 2.28. The minimum Gasteiger partial charge on any atom is -0.371 e. The zero-order valence-corrected chi connectivity index (χ0v) is 12.2. The summed E-state index contributed by atoms with van der Waals surface area (Å²) in [6.45, 7) is 3.57. The molecule has 1 aromatic heterocycles. The van der Waals surface area contributed by atoms with E-state index in [2.05, 4.69) is 37.2 Å². The second-order valence-corrected chi connectivity index (χ2v) is 6.21. The van der Waals surface area contributed by atoms with Gasteiger partial charge < -0.3 is 10.2 Å². The molecule has 3 heterocycles. The Kier molecular flexibility index (Phi) is 3.85. The maximum absolute atomic E-state index is 4.13. The molecule has 1 aromatic rings. The molecule has 1 atom stereocenters. The molecule has 1 N–H and O–H groups in total. The molecule has 2 aliphatic heterocycles. The smallest absolute Gasteiger partial charge is 0.0592 e. The Morgan fingerprint density at radius 2 is 2.11 bits per heavy atom. The quantitative estimate of drug-likeness (QED) is 0.910. The van der Waals surface area contributed by atoms with Crippen molar-refractivity contribution in [2.24, 2.45) is 5.92 Å². The van der Waals surface area contributed by atoms with Gasteiger partial charge in [-0.3, -0.25) is 4.98 Å². The molecule has 3 nitrogen and oxygen atoms in total. The largest absolute Gasteiger partial charge is 0.371 e. The molecule has 2 fully saturated rings. The summed E-state index contributed by atoms with van der Waals surface area (Å²) >= 11 is 3.60. The van der Waals surface area contributed by atoms with Crippen LogP contribution < -0.4 is 10.2 Å². The van der Waals surface area contributed by atoms with Crippen LogP contribution in [0.15, 0.2) is 22.9 Å². The van der Waals surface area contributed by atoms with Crippen molar-refractivity contribution >= 4 is 21.6 Å². The monoisotopic (exact) mass is 309 g/mol. The van der Waals surface area contributed by atoms with Crippen LogP contribution in [0.1, 0.15) is 25.7 Å². The van der Waals surface area contributed by atoms with Crippen LogP contribution in [0.2, 0.25) is 0 Å². The molecule has 0 saturated carbocycles. The maximum atomic E-state index is 4.13. The van der Waals surface area contributed by atoms with E-state index in [1.54, 1.807) is 0 Å². The molecule has 2 saturated heterocycles. The molecule has 2 aliphatic rings. The first-order valence-corrected chi connectivity index (χ1v) is 7.72. The average Bonchev–Trinajstić information content (AvgIpc) is 2.94. The van der Waals surface area contributed by atoms with E-state index in [4.69, 9.17) is 0 Å². The Labute approximate surface area is 117 Å². The van der Waals surface area contributed by atoms with Crippen molar-refractivity contribution in [2.75, 3.05) is 24.5 Å². The summed E-state index contributed by atoms with van der Waals surface area (Å²) in [5.74, 6) is 0.879. The first kappa shape index (κ1) is 12.4. The van der Waals surface area contributed by atoms with E-state index >= 15 is 0 Å². The fourth-order valence-electron chi connectivity index (χ4n) is 3.28. The van der Waals surface area contributed by atoms with Crippen LogP contribution in [-0.4, -0.2) is 30.7 Å². The molecule has 18 heavy (non-hydrogen) atoms. The third-order valence-electron chi connectivity index (χ3n) is 4.30. The molecule has 98 valence electrons. The summed E-state index contributed by atoms with van der Waals surface area (Å²) in [5.41, 5.74) is 1.29. The van der Waals surface area contributed by atoms with Gasteiger partial charge in [-0.25, -0.2) is 0 Å². The summed E-state index contributed by atoms with van der Waals surface area (Å²) in [6.07, 6.45) is 9.13. The minimum absolute atomic E-state index is 0.785. The van der Waals surface area contributed by atoms with Crippen LogP contribution in [0.25, 0.3) is 0 Å². The van der Waals surface area contributed by atoms with Crippen molar-refractivity contribution < 1.29 is 0 Å². The van der Waals surface area contributed by atoms with Crippen molar-refractivity contribution in [3.8, 4) is 0 Å². The van der Waals surface area contributed by atoms with Gasteiger partial charge in [-0.15, -0.1) is 0 Å². The molecule has 1 unspecified atom stereocenters. The van der Waals surface area contributed by atoms with Gasteiger partial charge in [0.2, 0.25) is 0 Å². The highest BCUT2D eigenvalue weighted by molar-refractivity contribution is 9.10. The van der Waals surface area contributed by atoms with Crippen molar-refractivity contribution in [1.29, 1.82) is 0 Å². The van der Waals surface area contributed by atoms with Crippen LogP contribution in [0, 0.1) is 5.92 Å². The Morgan fingerprint density at radius 3 is 2.78 bits per heavy atom. The first-order valence-electron chi connectivity index (χ1n) is 6.92. The van der Waals surface area contributed by atoms with Crippen molar-refractivity contribution in [2.45, 2.75) is 31.7 Å². The lowest BCUT2D eigenvalue weighted by atomic mass is 9.88. The number of aromatic nitrogens is 1. The predicted octanol–water partition coefficient (Wildman–Crippen LogP) is 2.81. The van der Waals surface area contributed by atoms with Gasteiger partial charge in [0, 0.05) is 31.5 Å². The van der Waals surface area contributed by atoms with Gasteiger partial charge in [0.05, 0.1) is 10.2 Å². The molecular weight excluding hydrogens is 290 g/mol. The Morgan fingerprint density at radius 1 is 1.28 bits per heavy atom. The number of anilines is 1. The third-order valence-corrected chi connectivity index (χ3v) is 4.91. The lowest BCUT2D eigenvalue weighted by molar-refractivity contribution is 0.319. The third kappa shape index (κ3) is 2.54. The lowest BCUT2D eigenvalue weighted by Gasteiger charge is -2.36. The number of halogens is 1. The van der Waals surface area contributed by atoms with Gasteiger partial charge in [0.15, 0.2) is 0 Å². The van der Waals surface area contributed by atoms with Crippen molar-refractivity contribution in [1.82, 2.24) is 10.3 Å². The molecule has 0 spiro atoms. The van der Waals surface area contributed by atoms with Crippen LogP contribution in [0.5, 0.6) is 0 Å². The number of nitrogens with zero attached hydrogens (tertiary/aromatic N) is 2. The molecule has 4 heteroatoms. The molecule has 0 aromatic carbocycles. The fourth-order valence-corrected chi connectivity index (χ4v) is 3.78. The topological polar surface area (TPSA) is 28.2 Å². The Bertz CT molecular complexity index is 396. The van der Waals surface area contributed by atoms with Crippen molar-refractivity contribution in [3.63, 3.8) is 0 Å². The summed E-state index contributed by atoms with van der Waals surface area (Å²) < 4.78 is 1.11. The number of pyridine rings is 1. The Balaban J connectivity index is 1.61. The lowest BCUT2D eigenvalue weighted by Crippen LogP contribution is -2.41. The van der Waals surface area contributed by atoms with E-state index in [-0.39, 0.29) is 0 Å².